The Bertz CT molecular complexity index is 1720. The molecule has 44 heavy (non-hydrogen) atoms. The van der Waals surface area contributed by atoms with E-state index in [4.69, 9.17) is 0 Å². The normalized spacial score (nSPS) is 13.3. The van der Waals surface area contributed by atoms with Crippen molar-refractivity contribution < 1.29 is 54.9 Å². The molecule has 5 heteroatoms. The van der Waals surface area contributed by atoms with Crippen molar-refractivity contribution in [2.24, 2.45) is 5.41 Å². The molecule has 6 rings (SSSR count). The van der Waals surface area contributed by atoms with Crippen molar-refractivity contribution in [3.05, 3.63) is 164 Å². The van der Waals surface area contributed by atoms with Crippen molar-refractivity contribution in [3.8, 4) is 11.1 Å². The van der Waals surface area contributed by atoms with E-state index < -0.39 is 21.3 Å². The van der Waals surface area contributed by atoms with Gasteiger partial charge in [0.05, 0.1) is 0 Å². The summed E-state index contributed by atoms with van der Waals surface area (Å²) in [5, 5.41) is 0. The van der Waals surface area contributed by atoms with Gasteiger partial charge in [-0.05, 0) is 0 Å². The number of halogens is 4. The standard InChI is InChI=1S/C17H13.C13H8F2.C9H13.2ClH.Zr/c1-3-12-5-7-14-11-15-8-6-13(4-2)10-17(15)16(14)9-12;14-12-5-1-10(2-6-12)9-11-3-7-13(15)8-4-11;1-9(2,3)8-6-4-5-7-8;;;/h3-11H,1-2H2;1-8H;6-7H,4H2,1-3H3;2*1H;/q;;;;;+2/p-2. The summed E-state index contributed by atoms with van der Waals surface area (Å²) >= 11 is -3.00. The maximum atomic E-state index is 14.2. The van der Waals surface area contributed by atoms with E-state index in [-0.39, 0.29) is 45.5 Å². The molecule has 4 aromatic rings. The van der Waals surface area contributed by atoms with Gasteiger partial charge in [-0.25, -0.2) is 0 Å². The quantitative estimate of drug-likeness (QED) is 0.279. The third kappa shape index (κ3) is 6.39. The summed E-state index contributed by atoms with van der Waals surface area (Å²) in [4.78, 5) is 0. The fraction of sp³-hybridized carbons (Fsp3) is 0.154. The zero-order valence-corrected chi connectivity index (χ0v) is 29.1. The molecule has 0 saturated carbocycles. The molecule has 4 aromatic carbocycles. The van der Waals surface area contributed by atoms with Gasteiger partial charge in [-0.1, -0.05) is 0 Å². The fourth-order valence-electron chi connectivity index (χ4n) is 6.29. The van der Waals surface area contributed by atoms with Crippen LogP contribution >= 0.6 is 0 Å². The maximum absolute atomic E-state index is 14.2. The summed E-state index contributed by atoms with van der Waals surface area (Å²) in [6.45, 7) is 14.9. The number of hydrogen-bond donors (Lipinski definition) is 0. The minimum atomic E-state index is -3.00. The van der Waals surface area contributed by atoms with Gasteiger partial charge in [0.25, 0.3) is 0 Å². The molecular weight excluding hydrogens is 669 g/mol. The van der Waals surface area contributed by atoms with E-state index in [2.05, 4.69) is 82.5 Å². The summed E-state index contributed by atoms with van der Waals surface area (Å²) < 4.78 is 31.4. The first-order chi connectivity index (χ1) is 20.2. The average molecular weight is 703 g/mol. The van der Waals surface area contributed by atoms with Crippen LogP contribution in [0.5, 0.6) is 0 Å². The number of allylic oxidation sites excluding steroid dienone is 4. The van der Waals surface area contributed by atoms with Gasteiger partial charge < -0.3 is 24.8 Å². The summed E-state index contributed by atoms with van der Waals surface area (Å²) in [6.07, 6.45) is 9.55. The zero-order valence-electron chi connectivity index (χ0n) is 25.1. The van der Waals surface area contributed by atoms with Gasteiger partial charge in [0.15, 0.2) is 0 Å². The van der Waals surface area contributed by atoms with E-state index in [0.29, 0.717) is 0 Å². The molecular formula is C39H34Cl2F2Zr. The van der Waals surface area contributed by atoms with E-state index in [9.17, 15) is 8.78 Å². The van der Waals surface area contributed by atoms with Crippen LogP contribution in [-0.4, -0.2) is 3.21 Å². The van der Waals surface area contributed by atoms with Gasteiger partial charge in [0.1, 0.15) is 0 Å². The largest absolute Gasteiger partial charge is 1.00 e. The first-order valence-corrected chi connectivity index (χ1v) is 18.3. The van der Waals surface area contributed by atoms with Crippen molar-refractivity contribution >= 4 is 15.4 Å². The van der Waals surface area contributed by atoms with E-state index in [1.165, 1.54) is 34.3 Å². The minimum absolute atomic E-state index is 0. The van der Waals surface area contributed by atoms with Crippen LogP contribution < -0.4 is 24.8 Å². The van der Waals surface area contributed by atoms with Crippen molar-refractivity contribution in [2.45, 2.75) is 30.8 Å². The SMILES string of the molecule is C=Cc1ccc2c(c1)-c1cc(C=C)ccc1[CH]2[Zr+2]([C]1=CC(C(C)(C)C)=CC1)=[C](c1ccc(F)cc1)c1ccc(F)cc1.[Cl-].[Cl-]. The third-order valence-corrected chi connectivity index (χ3v) is 16.7. The van der Waals surface area contributed by atoms with Gasteiger partial charge in [-0.3, -0.25) is 0 Å². The van der Waals surface area contributed by atoms with Crippen LogP contribution in [-0.2, 0) is 21.3 Å². The molecule has 0 spiro atoms. The molecule has 0 N–H and O–H groups in total. The second kappa shape index (κ2) is 13.6. The van der Waals surface area contributed by atoms with E-state index >= 15 is 0 Å². The first kappa shape index (κ1) is 33.9. The summed E-state index contributed by atoms with van der Waals surface area (Å²) in [6, 6.07) is 27.2. The Kier molecular flexibility index (Phi) is 10.5. The number of hydrogen-bond acceptors (Lipinski definition) is 0. The predicted octanol–water partition coefficient (Wildman–Crippen LogP) is 4.48. The van der Waals surface area contributed by atoms with Crippen molar-refractivity contribution in [2.75, 3.05) is 0 Å². The first-order valence-electron chi connectivity index (χ1n) is 14.4. The molecule has 0 saturated heterocycles. The van der Waals surface area contributed by atoms with Gasteiger partial charge in [-0.2, -0.15) is 0 Å². The summed E-state index contributed by atoms with van der Waals surface area (Å²) in [5.74, 6) is -0.519. The fourth-order valence-corrected chi connectivity index (χ4v) is 15.4. The van der Waals surface area contributed by atoms with Crippen molar-refractivity contribution in [1.82, 2.24) is 0 Å². The molecule has 2 aliphatic rings. The molecule has 222 valence electrons. The van der Waals surface area contributed by atoms with Crippen LogP contribution in [0.2, 0.25) is 0 Å². The average Bonchev–Trinajstić information content (AvgIpc) is 3.60. The second-order valence-corrected chi connectivity index (χ2v) is 18.4. The van der Waals surface area contributed by atoms with Crippen LogP contribution in [0.3, 0.4) is 0 Å². The number of fused-ring (bicyclic) bond motifs is 3. The molecule has 0 fully saturated rings. The van der Waals surface area contributed by atoms with Crippen molar-refractivity contribution in [1.29, 1.82) is 0 Å². The molecule has 0 nitrogen and oxygen atoms in total. The van der Waals surface area contributed by atoms with Gasteiger partial charge in [0, 0.05) is 0 Å². The third-order valence-electron chi connectivity index (χ3n) is 8.45. The molecule has 0 heterocycles. The minimum Gasteiger partial charge on any atom is -1.00 e. The van der Waals surface area contributed by atoms with Gasteiger partial charge >= 0.3 is 257 Å². The number of benzene rings is 4. The predicted molar refractivity (Wildman–Crippen MR) is 170 cm³/mol. The molecule has 0 atom stereocenters. The zero-order chi connectivity index (χ0) is 29.6. The second-order valence-electron chi connectivity index (χ2n) is 12.1. The van der Waals surface area contributed by atoms with Crippen LogP contribution in [0.25, 0.3) is 23.3 Å². The van der Waals surface area contributed by atoms with E-state index in [1.807, 2.05) is 36.4 Å². The summed E-state index contributed by atoms with van der Waals surface area (Å²) in [7, 11) is 0. The molecule has 2 aliphatic carbocycles. The van der Waals surface area contributed by atoms with Crippen LogP contribution in [0, 0.1) is 17.0 Å². The molecule has 0 aromatic heterocycles. The molecule has 0 radical (unpaired) electrons. The number of rotatable bonds is 6. The van der Waals surface area contributed by atoms with Gasteiger partial charge in [0.2, 0.25) is 0 Å². The van der Waals surface area contributed by atoms with Crippen LogP contribution in [0.4, 0.5) is 8.78 Å². The molecule has 0 aliphatic heterocycles. The molecule has 0 bridgehead atoms. The Morgan fingerprint density at radius 3 is 1.57 bits per heavy atom. The monoisotopic (exact) mass is 700 g/mol. The van der Waals surface area contributed by atoms with E-state index in [0.717, 1.165) is 28.7 Å². The Hall–Kier alpha value is -2.97. The van der Waals surface area contributed by atoms with Crippen molar-refractivity contribution in [3.63, 3.8) is 0 Å². The topological polar surface area (TPSA) is 0 Å². The molecule has 0 unspecified atom stereocenters. The van der Waals surface area contributed by atoms with Gasteiger partial charge in [-0.15, -0.1) is 0 Å². The molecule has 0 amide bonds. The Balaban J connectivity index is 0.00000221. The maximum Gasteiger partial charge on any atom is -1.00 e. The Morgan fingerprint density at radius 2 is 1.18 bits per heavy atom. The Morgan fingerprint density at radius 1 is 0.727 bits per heavy atom. The smallest absolute Gasteiger partial charge is 1.00 e. The Labute approximate surface area is 279 Å². The van der Waals surface area contributed by atoms with E-state index in [1.54, 1.807) is 24.3 Å². The van der Waals surface area contributed by atoms with Crippen LogP contribution in [0.15, 0.2) is 119 Å². The summed E-state index contributed by atoms with van der Waals surface area (Å²) in [5.41, 5.74) is 10.8. The van der Waals surface area contributed by atoms with Crippen LogP contribution in [0.1, 0.15) is 64.2 Å².